The van der Waals surface area contributed by atoms with Crippen molar-refractivity contribution < 1.29 is 23.9 Å². The van der Waals surface area contributed by atoms with Crippen LogP contribution in [-0.4, -0.2) is 43.9 Å². The molecule has 0 bridgehead atoms. The van der Waals surface area contributed by atoms with Crippen molar-refractivity contribution in [2.75, 3.05) is 36.5 Å². The molecule has 0 radical (unpaired) electrons. The number of anilines is 2. The fourth-order valence-corrected chi connectivity index (χ4v) is 3.94. The molecule has 0 aliphatic carbocycles. The molecule has 2 aliphatic rings. The molecule has 3 N–H and O–H groups in total. The highest BCUT2D eigenvalue weighted by Crippen LogP contribution is 2.32. The quantitative estimate of drug-likeness (QED) is 0.644. The Kier molecular flexibility index (Phi) is 6.58. The Balaban J connectivity index is 1.41. The van der Waals surface area contributed by atoms with Crippen LogP contribution < -0.4 is 25.4 Å². The lowest BCUT2D eigenvalue weighted by atomic mass is 10.1. The average Bonchev–Trinajstić information content (AvgIpc) is 3.22. The van der Waals surface area contributed by atoms with E-state index in [4.69, 9.17) is 15.2 Å². The molecule has 0 atom stereocenters. The lowest BCUT2D eigenvalue weighted by molar-refractivity contribution is -0.116. The Morgan fingerprint density at radius 2 is 1.59 bits per heavy atom. The van der Waals surface area contributed by atoms with Crippen LogP contribution in [-0.2, 0) is 4.79 Å². The minimum absolute atomic E-state index is 0.0213. The second kappa shape index (κ2) is 9.72. The Morgan fingerprint density at radius 3 is 2.34 bits per heavy atom. The number of hydrogen-bond acceptors (Lipinski definition) is 6. The number of ketones is 1. The van der Waals surface area contributed by atoms with Gasteiger partial charge in [-0.3, -0.25) is 14.4 Å². The van der Waals surface area contributed by atoms with Gasteiger partial charge in [0.15, 0.2) is 17.3 Å². The maximum absolute atomic E-state index is 12.6. The van der Waals surface area contributed by atoms with Crippen molar-refractivity contribution in [2.45, 2.75) is 32.1 Å². The van der Waals surface area contributed by atoms with E-state index in [-0.39, 0.29) is 24.5 Å². The number of ether oxygens (including phenoxy) is 2. The van der Waals surface area contributed by atoms with E-state index in [1.807, 2.05) is 6.07 Å². The molecule has 168 valence electrons. The summed E-state index contributed by atoms with van der Waals surface area (Å²) in [6.07, 6.45) is 3.02. The molecule has 0 aromatic heterocycles. The monoisotopic (exact) mass is 437 g/mol. The number of primary amides is 1. The summed E-state index contributed by atoms with van der Waals surface area (Å²) in [6, 6.07) is 10.2. The minimum Gasteiger partial charge on any atom is -0.490 e. The van der Waals surface area contributed by atoms with Crippen LogP contribution in [0, 0.1) is 0 Å². The number of nitrogens with one attached hydrogen (secondary N) is 1. The fourth-order valence-electron chi connectivity index (χ4n) is 3.94. The molecule has 2 heterocycles. The summed E-state index contributed by atoms with van der Waals surface area (Å²) in [5.41, 5.74) is 7.61. The number of carbonyl (C=O) groups excluding carboxylic acids is 3. The van der Waals surface area contributed by atoms with Crippen molar-refractivity contribution in [1.29, 1.82) is 0 Å². The van der Waals surface area contributed by atoms with Gasteiger partial charge in [-0.2, -0.15) is 0 Å². The Bertz CT molecular complexity index is 1030. The maximum Gasteiger partial charge on any atom is 0.248 e. The molecule has 0 saturated carbocycles. The summed E-state index contributed by atoms with van der Waals surface area (Å²) in [5.74, 6) is 0.172. The first-order valence-electron chi connectivity index (χ1n) is 10.9. The van der Waals surface area contributed by atoms with Gasteiger partial charge in [-0.05, 0) is 49.2 Å². The molecule has 2 aliphatic heterocycles. The van der Waals surface area contributed by atoms with E-state index in [0.717, 1.165) is 38.0 Å². The maximum atomic E-state index is 12.6. The van der Waals surface area contributed by atoms with Gasteiger partial charge in [0.05, 0.1) is 24.6 Å². The summed E-state index contributed by atoms with van der Waals surface area (Å²) < 4.78 is 11.2. The third-order valence-corrected chi connectivity index (χ3v) is 5.65. The van der Waals surface area contributed by atoms with Crippen LogP contribution in [0.25, 0.3) is 0 Å². The molecule has 2 aromatic rings. The lowest BCUT2D eigenvalue weighted by Gasteiger charge is -2.22. The van der Waals surface area contributed by atoms with E-state index in [1.54, 1.807) is 30.3 Å². The second-order valence-corrected chi connectivity index (χ2v) is 7.97. The van der Waals surface area contributed by atoms with Crippen molar-refractivity contribution in [1.82, 2.24) is 0 Å². The van der Waals surface area contributed by atoms with Gasteiger partial charge in [0.2, 0.25) is 11.8 Å². The molecule has 2 amide bonds. The molecule has 4 rings (SSSR count). The van der Waals surface area contributed by atoms with Gasteiger partial charge in [0.25, 0.3) is 0 Å². The highest BCUT2D eigenvalue weighted by molar-refractivity contribution is 6.02. The van der Waals surface area contributed by atoms with Gasteiger partial charge in [0, 0.05) is 43.5 Å². The lowest BCUT2D eigenvalue weighted by Crippen LogP contribution is -2.22. The largest absolute Gasteiger partial charge is 0.490 e. The minimum atomic E-state index is -0.557. The van der Waals surface area contributed by atoms with Crippen LogP contribution in [0.3, 0.4) is 0 Å². The molecular weight excluding hydrogens is 410 g/mol. The molecule has 8 nitrogen and oxygen atoms in total. The van der Waals surface area contributed by atoms with Gasteiger partial charge in [-0.25, -0.2) is 0 Å². The average molecular weight is 437 g/mol. The zero-order valence-corrected chi connectivity index (χ0v) is 17.9. The summed E-state index contributed by atoms with van der Waals surface area (Å²) in [4.78, 5) is 39.0. The summed E-state index contributed by atoms with van der Waals surface area (Å²) >= 11 is 0. The number of benzene rings is 2. The fraction of sp³-hybridized carbons (Fsp3) is 0.375. The van der Waals surface area contributed by atoms with Crippen LogP contribution >= 0.6 is 0 Å². The van der Waals surface area contributed by atoms with E-state index in [0.29, 0.717) is 41.5 Å². The first-order chi connectivity index (χ1) is 15.5. The molecule has 8 heteroatoms. The van der Waals surface area contributed by atoms with E-state index < -0.39 is 5.91 Å². The van der Waals surface area contributed by atoms with E-state index in [9.17, 15) is 14.4 Å². The van der Waals surface area contributed by atoms with Crippen LogP contribution in [0.15, 0.2) is 36.4 Å². The molecule has 1 saturated heterocycles. The zero-order chi connectivity index (χ0) is 22.5. The first-order valence-corrected chi connectivity index (χ1v) is 10.9. The number of nitrogens with zero attached hydrogens (tertiary/aromatic N) is 1. The van der Waals surface area contributed by atoms with Crippen LogP contribution in [0.2, 0.25) is 0 Å². The van der Waals surface area contributed by atoms with Gasteiger partial charge in [0.1, 0.15) is 0 Å². The highest BCUT2D eigenvalue weighted by Gasteiger charge is 2.19. The molecule has 2 aromatic carbocycles. The smallest absolute Gasteiger partial charge is 0.248 e. The van der Waals surface area contributed by atoms with E-state index in [1.165, 1.54) is 0 Å². The van der Waals surface area contributed by atoms with Crippen LogP contribution in [0.5, 0.6) is 11.5 Å². The van der Waals surface area contributed by atoms with Gasteiger partial charge < -0.3 is 25.4 Å². The molecular formula is C24H27N3O5. The molecule has 0 unspecified atom stereocenters. The third kappa shape index (κ3) is 5.01. The van der Waals surface area contributed by atoms with E-state index >= 15 is 0 Å². The Morgan fingerprint density at radius 1 is 0.875 bits per heavy atom. The van der Waals surface area contributed by atoms with Crippen molar-refractivity contribution in [3.8, 4) is 11.5 Å². The molecule has 0 spiro atoms. The number of carbonyl (C=O) groups is 3. The number of fused-ring (bicyclic) bond motifs is 1. The number of rotatable bonds is 7. The van der Waals surface area contributed by atoms with Crippen LogP contribution in [0.4, 0.5) is 11.4 Å². The standard InChI is InChI=1S/C24H27N3O5/c25-24(30)17-4-6-19(27-10-1-2-11-27)18(14-17)26-23(29)9-7-20(28)16-5-8-21-22(15-16)32-13-3-12-31-21/h4-6,8,14-15H,1-3,7,9-13H2,(H2,25,30)(H,26,29). The van der Waals surface area contributed by atoms with Gasteiger partial charge in [-0.1, -0.05) is 0 Å². The summed E-state index contributed by atoms with van der Waals surface area (Å²) in [7, 11) is 0. The Hall–Kier alpha value is -3.55. The SMILES string of the molecule is NC(=O)c1ccc(N2CCCC2)c(NC(=O)CCC(=O)c2ccc3c(c2)OCCCO3)c1. The van der Waals surface area contributed by atoms with E-state index in [2.05, 4.69) is 10.2 Å². The number of hydrogen-bond donors (Lipinski definition) is 2. The number of Topliss-reactive ketones (excluding diaryl/α,β-unsaturated/α-hetero) is 1. The third-order valence-electron chi connectivity index (χ3n) is 5.65. The summed E-state index contributed by atoms with van der Waals surface area (Å²) in [6.45, 7) is 2.90. The first kappa shape index (κ1) is 21.7. The van der Waals surface area contributed by atoms with Crippen molar-refractivity contribution in [2.24, 2.45) is 5.73 Å². The van der Waals surface area contributed by atoms with Crippen molar-refractivity contribution >= 4 is 29.0 Å². The second-order valence-electron chi connectivity index (χ2n) is 7.97. The predicted octanol–water partition coefficient (Wildman–Crippen LogP) is 3.15. The van der Waals surface area contributed by atoms with Crippen LogP contribution in [0.1, 0.15) is 52.8 Å². The molecule has 1 fully saturated rings. The number of nitrogens with two attached hydrogens (primary N) is 1. The normalized spacial score (nSPS) is 15.2. The Labute approximate surface area is 186 Å². The van der Waals surface area contributed by atoms with Gasteiger partial charge >= 0.3 is 0 Å². The highest BCUT2D eigenvalue weighted by atomic mass is 16.5. The predicted molar refractivity (Wildman–Crippen MR) is 121 cm³/mol. The number of amides is 2. The van der Waals surface area contributed by atoms with Gasteiger partial charge in [-0.15, -0.1) is 0 Å². The van der Waals surface area contributed by atoms with Crippen molar-refractivity contribution in [3.05, 3.63) is 47.5 Å². The van der Waals surface area contributed by atoms with Crippen molar-refractivity contribution in [3.63, 3.8) is 0 Å². The molecule has 32 heavy (non-hydrogen) atoms. The topological polar surface area (TPSA) is 111 Å². The summed E-state index contributed by atoms with van der Waals surface area (Å²) in [5, 5.41) is 2.86. The zero-order valence-electron chi connectivity index (χ0n) is 17.9.